The van der Waals surface area contributed by atoms with Crippen molar-refractivity contribution in [2.45, 2.75) is 29.8 Å². The first-order valence-corrected chi connectivity index (χ1v) is 14.0. The van der Waals surface area contributed by atoms with Crippen LogP contribution in [0, 0.1) is 11.6 Å². The maximum Gasteiger partial charge on any atom is 0.248 e. The van der Waals surface area contributed by atoms with E-state index in [1.807, 2.05) is 6.07 Å². The molecule has 0 bridgehead atoms. The van der Waals surface area contributed by atoms with Gasteiger partial charge < -0.3 is 25.0 Å². The van der Waals surface area contributed by atoms with Crippen molar-refractivity contribution in [3.63, 3.8) is 0 Å². The zero-order chi connectivity index (χ0) is 29.8. The van der Waals surface area contributed by atoms with Crippen LogP contribution >= 0.6 is 0 Å². The zero-order valence-corrected chi connectivity index (χ0v) is 23.0. The number of amides is 3. The summed E-state index contributed by atoms with van der Waals surface area (Å²) in [5.74, 6) is -2.16. The Labute approximate surface area is 245 Å². The number of nitrogens with zero attached hydrogens (tertiary/aromatic N) is 3. The third-order valence-electron chi connectivity index (χ3n) is 8.63. The molecule has 2 saturated heterocycles. The minimum atomic E-state index is -1.24. The highest BCUT2D eigenvalue weighted by molar-refractivity contribution is 6.06. The van der Waals surface area contributed by atoms with E-state index in [0.29, 0.717) is 37.6 Å². The van der Waals surface area contributed by atoms with E-state index in [1.165, 1.54) is 11.1 Å². The molecule has 13 heteroatoms. The van der Waals surface area contributed by atoms with E-state index in [1.54, 1.807) is 18.3 Å². The van der Waals surface area contributed by atoms with Crippen molar-refractivity contribution in [2.75, 3.05) is 50.2 Å². The summed E-state index contributed by atoms with van der Waals surface area (Å²) in [6.07, 6.45) is 3.95. The molecule has 5 heterocycles. The number of carbonyl (C=O) groups excluding carboxylic acids is 3. The van der Waals surface area contributed by atoms with Crippen LogP contribution in [0.1, 0.15) is 28.4 Å². The van der Waals surface area contributed by atoms with Gasteiger partial charge in [-0.15, -0.1) is 0 Å². The monoisotopic (exact) mass is 590 g/mol. The van der Waals surface area contributed by atoms with Crippen LogP contribution in [0.25, 0.3) is 0 Å². The number of hydrogen-bond donors (Lipinski definition) is 3. The minimum Gasteiger partial charge on any atom is -0.376 e. The second kappa shape index (κ2) is 10.4. The lowest BCUT2D eigenvalue weighted by molar-refractivity contribution is -0.151. The van der Waals surface area contributed by atoms with Gasteiger partial charge in [0.15, 0.2) is 0 Å². The summed E-state index contributed by atoms with van der Waals surface area (Å²) in [5.41, 5.74) is 0.965. The van der Waals surface area contributed by atoms with Crippen LogP contribution in [0.5, 0.6) is 0 Å². The molecule has 4 aliphatic rings. The molecule has 2 unspecified atom stereocenters. The molecule has 3 aliphatic heterocycles. The van der Waals surface area contributed by atoms with E-state index in [-0.39, 0.29) is 31.2 Å². The van der Waals surface area contributed by atoms with E-state index < -0.39 is 47.0 Å². The summed E-state index contributed by atoms with van der Waals surface area (Å²) in [6.45, 7) is 0.398. The Morgan fingerprint density at radius 2 is 1.84 bits per heavy atom. The molecule has 2 spiro atoms. The minimum absolute atomic E-state index is 0.0247. The number of piperazine rings is 1. The van der Waals surface area contributed by atoms with Crippen molar-refractivity contribution in [1.29, 1.82) is 0 Å². The topological polar surface area (TPSA) is 135 Å². The standard InChI is InChI=1S/C30H28F2N6O5/c31-19-6-17(7-20(32)9-19)24-13-35-30(15-42-4-5-43-16-30)28(41)38(24)14-25(39)36-21-8-18-10-29(11-23(18)34-12-21)22-2-1-3-33-26(22)37-27(29)40/h1-3,6-9,12,24,35H,4-5,10-11,13-16H2,(H,36,39)(H,33,37,40). The fourth-order valence-corrected chi connectivity index (χ4v) is 6.56. The van der Waals surface area contributed by atoms with Gasteiger partial charge in [-0.1, -0.05) is 6.07 Å². The van der Waals surface area contributed by atoms with Gasteiger partial charge in [-0.3, -0.25) is 24.7 Å². The number of nitrogens with one attached hydrogen (secondary N) is 3. The van der Waals surface area contributed by atoms with Gasteiger partial charge in [-0.2, -0.15) is 0 Å². The predicted octanol–water partition coefficient (Wildman–Crippen LogP) is 1.64. The van der Waals surface area contributed by atoms with Crippen molar-refractivity contribution in [1.82, 2.24) is 20.2 Å². The lowest BCUT2D eigenvalue weighted by atomic mass is 9.80. The van der Waals surface area contributed by atoms with Crippen LogP contribution < -0.4 is 16.0 Å². The number of benzene rings is 1. The highest BCUT2D eigenvalue weighted by atomic mass is 19.1. The van der Waals surface area contributed by atoms with Gasteiger partial charge in [0.1, 0.15) is 29.5 Å². The molecular weight excluding hydrogens is 562 g/mol. The predicted molar refractivity (Wildman–Crippen MR) is 148 cm³/mol. The number of hydrogen-bond acceptors (Lipinski definition) is 8. The molecule has 2 atom stereocenters. The molecule has 11 nitrogen and oxygen atoms in total. The average Bonchev–Trinajstić information content (AvgIpc) is 3.37. The van der Waals surface area contributed by atoms with E-state index in [4.69, 9.17) is 9.47 Å². The van der Waals surface area contributed by atoms with Crippen molar-refractivity contribution < 1.29 is 32.6 Å². The lowest BCUT2D eigenvalue weighted by Gasteiger charge is -2.45. The van der Waals surface area contributed by atoms with Gasteiger partial charge in [0.05, 0.1) is 49.8 Å². The molecule has 0 saturated carbocycles. The molecule has 2 aromatic heterocycles. The van der Waals surface area contributed by atoms with Crippen LogP contribution in [-0.4, -0.2) is 77.6 Å². The fraction of sp³-hybridized carbons (Fsp3) is 0.367. The van der Waals surface area contributed by atoms with E-state index in [0.717, 1.165) is 35.0 Å². The molecule has 3 aromatic rings. The zero-order valence-electron chi connectivity index (χ0n) is 23.0. The third-order valence-corrected chi connectivity index (χ3v) is 8.63. The van der Waals surface area contributed by atoms with Crippen molar-refractivity contribution >= 4 is 29.2 Å². The first-order chi connectivity index (χ1) is 20.8. The van der Waals surface area contributed by atoms with Gasteiger partial charge in [-0.25, -0.2) is 13.8 Å². The van der Waals surface area contributed by atoms with Crippen molar-refractivity contribution in [2.24, 2.45) is 0 Å². The van der Waals surface area contributed by atoms with Gasteiger partial charge in [0, 0.05) is 36.5 Å². The second-order valence-corrected chi connectivity index (χ2v) is 11.4. The Morgan fingerprint density at radius 3 is 2.60 bits per heavy atom. The fourth-order valence-electron chi connectivity index (χ4n) is 6.56. The van der Waals surface area contributed by atoms with Crippen LogP contribution in [0.3, 0.4) is 0 Å². The molecule has 2 fully saturated rings. The molecule has 0 radical (unpaired) electrons. The second-order valence-electron chi connectivity index (χ2n) is 11.4. The van der Waals surface area contributed by atoms with Gasteiger partial charge in [-0.05, 0) is 41.8 Å². The Kier molecular flexibility index (Phi) is 6.67. The Hall–Kier alpha value is -4.33. The first-order valence-electron chi connectivity index (χ1n) is 14.0. The normalized spacial score (nSPS) is 24.0. The van der Waals surface area contributed by atoms with Crippen LogP contribution in [0.15, 0.2) is 48.8 Å². The van der Waals surface area contributed by atoms with Gasteiger partial charge in [0.25, 0.3) is 0 Å². The summed E-state index contributed by atoms with van der Waals surface area (Å²) in [7, 11) is 0. The SMILES string of the molecule is O=C(CN1C(=O)C2(COCCOC2)NCC1c1cc(F)cc(F)c1)Nc1cnc2c(c1)CC1(C2)C(=O)Nc2ncccc21. The number of ether oxygens (including phenoxy) is 2. The summed E-state index contributed by atoms with van der Waals surface area (Å²) in [6, 6.07) is 7.69. The Morgan fingerprint density at radius 1 is 1.07 bits per heavy atom. The number of anilines is 2. The number of rotatable bonds is 4. The van der Waals surface area contributed by atoms with Crippen molar-refractivity contribution in [3.8, 4) is 0 Å². The molecule has 1 aliphatic carbocycles. The maximum absolute atomic E-state index is 14.2. The molecule has 3 amide bonds. The van der Waals surface area contributed by atoms with Crippen molar-refractivity contribution in [3.05, 3.63) is 82.8 Å². The average molecular weight is 591 g/mol. The Bertz CT molecular complexity index is 1620. The van der Waals surface area contributed by atoms with Crippen LogP contribution in [-0.2, 0) is 42.1 Å². The number of halogens is 2. The molecule has 3 N–H and O–H groups in total. The Balaban J connectivity index is 1.13. The van der Waals surface area contributed by atoms with Crippen LogP contribution in [0.4, 0.5) is 20.3 Å². The number of fused-ring (bicyclic) bond motifs is 3. The highest BCUT2D eigenvalue weighted by Gasteiger charge is 2.52. The summed E-state index contributed by atoms with van der Waals surface area (Å²) >= 11 is 0. The van der Waals surface area contributed by atoms with E-state index in [2.05, 4.69) is 25.9 Å². The molecule has 1 aromatic carbocycles. The summed E-state index contributed by atoms with van der Waals surface area (Å²) in [5, 5.41) is 8.83. The first kappa shape index (κ1) is 27.5. The molecule has 43 heavy (non-hydrogen) atoms. The maximum atomic E-state index is 14.2. The largest absolute Gasteiger partial charge is 0.376 e. The number of pyridine rings is 2. The van der Waals surface area contributed by atoms with Crippen LogP contribution in [0.2, 0.25) is 0 Å². The molecule has 7 rings (SSSR count). The smallest absolute Gasteiger partial charge is 0.248 e. The van der Waals surface area contributed by atoms with E-state index >= 15 is 0 Å². The van der Waals surface area contributed by atoms with E-state index in [9.17, 15) is 23.2 Å². The van der Waals surface area contributed by atoms with Gasteiger partial charge in [0.2, 0.25) is 17.7 Å². The quantitative estimate of drug-likeness (QED) is 0.418. The third kappa shape index (κ3) is 4.73. The summed E-state index contributed by atoms with van der Waals surface area (Å²) < 4.78 is 39.5. The lowest BCUT2D eigenvalue weighted by Crippen LogP contribution is -2.69. The molecular formula is C30H28F2N6O5. The molecule has 222 valence electrons. The highest BCUT2D eigenvalue weighted by Crippen LogP contribution is 2.46. The number of carbonyl (C=O) groups is 3. The van der Waals surface area contributed by atoms with Gasteiger partial charge >= 0.3 is 0 Å². The summed E-state index contributed by atoms with van der Waals surface area (Å²) in [4.78, 5) is 50.5. The number of aromatic nitrogens is 2.